The molecule has 0 heterocycles. The lowest BCUT2D eigenvalue weighted by atomic mass is 10.1. The minimum absolute atomic E-state index is 0.129. The summed E-state index contributed by atoms with van der Waals surface area (Å²) in [5.74, 6) is -0.561. The number of amides is 1. The minimum atomic E-state index is -3.87. The van der Waals surface area contributed by atoms with Crippen LogP contribution < -0.4 is 10.0 Å². The zero-order valence-electron chi connectivity index (χ0n) is 19.5. The molecule has 0 aliphatic heterocycles. The number of hydrogen-bond acceptors (Lipinski definition) is 5. The third-order valence-electron chi connectivity index (χ3n) is 5.36. The van der Waals surface area contributed by atoms with Crippen molar-refractivity contribution in [2.24, 2.45) is 0 Å². The Morgan fingerprint density at radius 3 is 1.97 bits per heavy atom. The van der Waals surface area contributed by atoms with E-state index in [1.165, 1.54) is 37.8 Å². The molecule has 32 heavy (non-hydrogen) atoms. The predicted octanol–water partition coefficient (Wildman–Crippen LogP) is 5.32. The maximum Gasteiger partial charge on any atom is 0.283 e. The second kappa shape index (κ2) is 15.7. The van der Waals surface area contributed by atoms with Crippen LogP contribution in [0.5, 0.6) is 0 Å². The number of unbranched alkanes of at least 4 members (excludes halogenated alkanes) is 10. The zero-order valence-corrected chi connectivity index (χ0v) is 20.3. The first kappa shape index (κ1) is 28.0. The Hall–Kier alpha value is -2.00. The van der Waals surface area contributed by atoms with Crippen LogP contribution in [0.25, 0.3) is 0 Å². The van der Waals surface area contributed by atoms with Gasteiger partial charge in [-0.15, -0.1) is 0 Å². The molecule has 0 unspecified atom stereocenters. The summed E-state index contributed by atoms with van der Waals surface area (Å²) >= 11 is 0. The molecule has 1 rings (SSSR count). The van der Waals surface area contributed by atoms with Crippen molar-refractivity contribution in [2.45, 2.75) is 95.8 Å². The zero-order chi connectivity index (χ0) is 23.8. The van der Waals surface area contributed by atoms with Gasteiger partial charge in [0.05, 0.1) is 9.82 Å². The SMILES string of the molecule is CCCCCCCCNC(=O)c1ccc(S(=O)(=O)NCCCCCCCC)cc1[N+](=O)[O-]. The third-order valence-corrected chi connectivity index (χ3v) is 6.82. The molecule has 9 heteroatoms. The van der Waals surface area contributed by atoms with E-state index >= 15 is 0 Å². The number of sulfonamides is 1. The van der Waals surface area contributed by atoms with Gasteiger partial charge in [-0.05, 0) is 25.0 Å². The quantitative estimate of drug-likeness (QED) is 0.171. The van der Waals surface area contributed by atoms with Gasteiger partial charge in [-0.1, -0.05) is 78.1 Å². The first-order chi connectivity index (χ1) is 15.3. The molecule has 0 fully saturated rings. The molecule has 0 aliphatic carbocycles. The summed E-state index contributed by atoms with van der Waals surface area (Å²) in [4.78, 5) is 23.0. The molecule has 0 aliphatic rings. The summed E-state index contributed by atoms with van der Waals surface area (Å²) in [5, 5.41) is 14.2. The van der Waals surface area contributed by atoms with E-state index < -0.39 is 26.5 Å². The average molecular weight is 470 g/mol. The Balaban J connectivity index is 2.64. The fourth-order valence-corrected chi connectivity index (χ4v) is 4.51. The summed E-state index contributed by atoms with van der Waals surface area (Å²) in [6, 6.07) is 3.42. The predicted molar refractivity (Wildman–Crippen MR) is 127 cm³/mol. The maximum absolute atomic E-state index is 12.5. The van der Waals surface area contributed by atoms with Crippen LogP contribution in [0, 0.1) is 10.1 Å². The van der Waals surface area contributed by atoms with Gasteiger partial charge >= 0.3 is 0 Å². The lowest BCUT2D eigenvalue weighted by molar-refractivity contribution is -0.385. The van der Waals surface area contributed by atoms with Gasteiger partial charge in [-0.3, -0.25) is 14.9 Å². The van der Waals surface area contributed by atoms with Crippen molar-refractivity contribution in [3.8, 4) is 0 Å². The molecule has 0 bridgehead atoms. The number of nitro benzene ring substituents is 1. The number of nitrogens with zero attached hydrogens (tertiary/aromatic N) is 1. The first-order valence-electron chi connectivity index (χ1n) is 11.9. The molecule has 182 valence electrons. The van der Waals surface area contributed by atoms with Gasteiger partial charge in [-0.25, -0.2) is 13.1 Å². The van der Waals surface area contributed by atoms with E-state index in [1.807, 2.05) is 0 Å². The Labute approximate surface area is 192 Å². The van der Waals surface area contributed by atoms with Crippen molar-refractivity contribution in [2.75, 3.05) is 13.1 Å². The Bertz CT molecular complexity index is 812. The van der Waals surface area contributed by atoms with Gasteiger partial charge in [-0.2, -0.15) is 0 Å². The van der Waals surface area contributed by atoms with Crippen LogP contribution >= 0.6 is 0 Å². The molecule has 2 N–H and O–H groups in total. The van der Waals surface area contributed by atoms with E-state index in [1.54, 1.807) is 0 Å². The van der Waals surface area contributed by atoms with Gasteiger partial charge < -0.3 is 5.32 Å². The smallest absolute Gasteiger partial charge is 0.283 e. The van der Waals surface area contributed by atoms with Crippen LogP contribution in [0.4, 0.5) is 5.69 Å². The standard InChI is InChI=1S/C23H39N3O5S/c1-3-5-7-9-11-13-17-24-23(27)21-16-15-20(19-22(21)26(28)29)32(30,31)25-18-14-12-10-8-6-4-2/h15-16,19,25H,3-14,17-18H2,1-2H3,(H,24,27). The highest BCUT2D eigenvalue weighted by Crippen LogP contribution is 2.23. The molecule has 1 aromatic rings. The summed E-state index contributed by atoms with van der Waals surface area (Å²) < 4.78 is 27.5. The molecule has 0 radical (unpaired) electrons. The number of carbonyl (C=O) groups is 1. The van der Waals surface area contributed by atoms with Crippen molar-refractivity contribution in [1.29, 1.82) is 0 Å². The summed E-state index contributed by atoms with van der Waals surface area (Å²) in [5.41, 5.74) is -0.635. The van der Waals surface area contributed by atoms with E-state index in [2.05, 4.69) is 23.9 Å². The van der Waals surface area contributed by atoms with E-state index in [0.717, 1.165) is 51.0 Å². The van der Waals surface area contributed by atoms with Crippen molar-refractivity contribution < 1.29 is 18.1 Å². The molecule has 8 nitrogen and oxygen atoms in total. The van der Waals surface area contributed by atoms with Crippen LogP contribution in [0.1, 0.15) is 101 Å². The van der Waals surface area contributed by atoms with Gasteiger partial charge in [0.25, 0.3) is 11.6 Å². The second-order valence-electron chi connectivity index (χ2n) is 8.13. The normalized spacial score (nSPS) is 11.4. The molecule has 0 atom stereocenters. The molecular weight excluding hydrogens is 430 g/mol. The Morgan fingerprint density at radius 1 is 0.875 bits per heavy atom. The monoisotopic (exact) mass is 469 g/mol. The van der Waals surface area contributed by atoms with Crippen molar-refractivity contribution >= 4 is 21.6 Å². The summed E-state index contributed by atoms with van der Waals surface area (Å²) in [6.45, 7) is 5.00. The lowest BCUT2D eigenvalue weighted by Gasteiger charge is -2.09. The largest absolute Gasteiger partial charge is 0.352 e. The number of hydrogen-bond donors (Lipinski definition) is 2. The van der Waals surface area contributed by atoms with Crippen LogP contribution in [0.15, 0.2) is 23.1 Å². The second-order valence-corrected chi connectivity index (χ2v) is 9.89. The van der Waals surface area contributed by atoms with Crippen LogP contribution in [0.2, 0.25) is 0 Å². The maximum atomic E-state index is 12.5. The van der Waals surface area contributed by atoms with Gasteiger partial charge in [0.2, 0.25) is 10.0 Å². The molecular formula is C23H39N3O5S. The van der Waals surface area contributed by atoms with E-state index in [4.69, 9.17) is 0 Å². The van der Waals surface area contributed by atoms with Crippen molar-refractivity contribution in [3.63, 3.8) is 0 Å². The molecule has 1 aromatic carbocycles. The van der Waals surface area contributed by atoms with Crippen molar-refractivity contribution in [1.82, 2.24) is 10.0 Å². The van der Waals surface area contributed by atoms with E-state index in [0.29, 0.717) is 13.0 Å². The summed E-state index contributed by atoms with van der Waals surface area (Å²) in [7, 11) is -3.87. The number of carbonyl (C=O) groups excluding carboxylic acids is 1. The topological polar surface area (TPSA) is 118 Å². The van der Waals surface area contributed by atoms with Crippen LogP contribution in [0.3, 0.4) is 0 Å². The molecule has 0 aromatic heterocycles. The highest BCUT2D eigenvalue weighted by Gasteiger charge is 2.24. The van der Waals surface area contributed by atoms with Crippen LogP contribution in [-0.2, 0) is 10.0 Å². The minimum Gasteiger partial charge on any atom is -0.352 e. The highest BCUT2D eigenvalue weighted by atomic mass is 32.2. The van der Waals surface area contributed by atoms with Gasteiger partial charge in [0, 0.05) is 19.2 Å². The lowest BCUT2D eigenvalue weighted by Crippen LogP contribution is -2.27. The first-order valence-corrected chi connectivity index (χ1v) is 13.4. The number of benzene rings is 1. The van der Waals surface area contributed by atoms with Crippen LogP contribution in [-0.4, -0.2) is 32.3 Å². The molecule has 0 spiro atoms. The fraction of sp³-hybridized carbons (Fsp3) is 0.696. The van der Waals surface area contributed by atoms with Gasteiger partial charge in [0.15, 0.2) is 0 Å². The van der Waals surface area contributed by atoms with Gasteiger partial charge in [0.1, 0.15) is 5.56 Å². The molecule has 0 saturated carbocycles. The molecule has 0 saturated heterocycles. The van der Waals surface area contributed by atoms with Crippen molar-refractivity contribution in [3.05, 3.63) is 33.9 Å². The third kappa shape index (κ3) is 10.5. The Kier molecular flexibility index (Phi) is 13.8. The average Bonchev–Trinajstić information content (AvgIpc) is 2.77. The number of nitrogens with one attached hydrogen (secondary N) is 2. The summed E-state index contributed by atoms with van der Waals surface area (Å²) in [6.07, 6.45) is 12.6. The molecule has 1 amide bonds. The fourth-order valence-electron chi connectivity index (χ4n) is 3.42. The Morgan fingerprint density at radius 2 is 1.41 bits per heavy atom. The highest BCUT2D eigenvalue weighted by molar-refractivity contribution is 7.89. The van der Waals surface area contributed by atoms with E-state index in [9.17, 15) is 23.3 Å². The van der Waals surface area contributed by atoms with E-state index in [-0.39, 0.29) is 17.0 Å². The number of nitro groups is 1. The number of rotatable bonds is 18.